The van der Waals surface area contributed by atoms with E-state index in [1.54, 1.807) is 18.9 Å². The van der Waals surface area contributed by atoms with Crippen molar-refractivity contribution in [1.82, 2.24) is 29.3 Å². The van der Waals surface area contributed by atoms with Crippen LogP contribution in [0.2, 0.25) is 0 Å². The summed E-state index contributed by atoms with van der Waals surface area (Å²) in [6.45, 7) is 8.13. The molecule has 3 heterocycles. The molecule has 0 aliphatic carbocycles. The summed E-state index contributed by atoms with van der Waals surface area (Å²) in [6.07, 6.45) is 5.79. The normalized spacial score (nSPS) is 11.7. The Bertz CT molecular complexity index is 1160. The van der Waals surface area contributed by atoms with E-state index in [2.05, 4.69) is 75.7 Å². The third kappa shape index (κ3) is 4.32. The average molecular weight is 385 g/mol. The number of nitriles is 1. The Hall–Kier alpha value is -3.53. The Morgan fingerprint density at radius 2 is 1.86 bits per heavy atom. The van der Waals surface area contributed by atoms with Gasteiger partial charge in [-0.15, -0.1) is 0 Å². The number of rotatable bonds is 5. The number of aromatic nitrogens is 6. The lowest BCUT2D eigenvalue weighted by Crippen LogP contribution is -2.18. The van der Waals surface area contributed by atoms with Crippen molar-refractivity contribution in [3.63, 3.8) is 0 Å². The van der Waals surface area contributed by atoms with Crippen LogP contribution in [0.25, 0.3) is 11.0 Å². The first-order valence-corrected chi connectivity index (χ1v) is 9.57. The van der Waals surface area contributed by atoms with Gasteiger partial charge in [-0.1, -0.05) is 45.0 Å². The number of benzene rings is 1. The van der Waals surface area contributed by atoms with Crippen LogP contribution in [-0.2, 0) is 19.5 Å². The minimum absolute atomic E-state index is 0.0834. The van der Waals surface area contributed by atoms with Crippen LogP contribution in [-0.4, -0.2) is 29.3 Å². The Morgan fingerprint density at radius 3 is 2.52 bits per heavy atom. The summed E-state index contributed by atoms with van der Waals surface area (Å²) in [5.74, 6) is 0.203. The second-order valence-electron chi connectivity index (χ2n) is 8.45. The van der Waals surface area contributed by atoms with Crippen LogP contribution >= 0.6 is 0 Å². The summed E-state index contributed by atoms with van der Waals surface area (Å²) in [6, 6.07) is 12.7. The lowest BCUT2D eigenvalue weighted by Gasteiger charge is -2.21. The van der Waals surface area contributed by atoms with Gasteiger partial charge in [-0.05, 0) is 22.6 Å². The van der Waals surface area contributed by atoms with E-state index >= 15 is 0 Å². The van der Waals surface area contributed by atoms with Crippen LogP contribution in [0.3, 0.4) is 0 Å². The first kappa shape index (κ1) is 18.8. The highest BCUT2D eigenvalue weighted by molar-refractivity contribution is 5.77. The first-order valence-electron chi connectivity index (χ1n) is 9.57. The van der Waals surface area contributed by atoms with E-state index in [9.17, 15) is 5.26 Å². The van der Waals surface area contributed by atoms with Crippen LogP contribution in [0.1, 0.15) is 43.4 Å². The molecule has 0 aliphatic heterocycles. The highest BCUT2D eigenvalue weighted by Gasteiger charge is 2.18. The van der Waals surface area contributed by atoms with Crippen molar-refractivity contribution in [2.45, 2.75) is 40.3 Å². The fourth-order valence-electron chi connectivity index (χ4n) is 3.42. The van der Waals surface area contributed by atoms with Crippen molar-refractivity contribution in [3.8, 4) is 6.07 Å². The van der Waals surface area contributed by atoms with E-state index in [-0.39, 0.29) is 11.2 Å². The highest BCUT2D eigenvalue weighted by Crippen LogP contribution is 2.26. The van der Waals surface area contributed by atoms with Crippen LogP contribution in [0.4, 0.5) is 0 Å². The maximum absolute atomic E-state index is 9.19. The molecular formula is C22H23N7. The molecule has 29 heavy (non-hydrogen) atoms. The van der Waals surface area contributed by atoms with Crippen molar-refractivity contribution < 1.29 is 0 Å². The summed E-state index contributed by atoms with van der Waals surface area (Å²) in [5.41, 5.74) is 4.48. The van der Waals surface area contributed by atoms with Gasteiger partial charge in [0.2, 0.25) is 5.82 Å². The molecular weight excluding hydrogens is 362 g/mol. The Labute approximate surface area is 169 Å². The summed E-state index contributed by atoms with van der Waals surface area (Å²) < 4.78 is 4.03. The third-order valence-corrected chi connectivity index (χ3v) is 4.67. The highest BCUT2D eigenvalue weighted by atomic mass is 15.3. The quantitative estimate of drug-likeness (QED) is 0.524. The van der Waals surface area contributed by atoms with Gasteiger partial charge in [0.1, 0.15) is 24.4 Å². The van der Waals surface area contributed by atoms with Crippen molar-refractivity contribution in [3.05, 3.63) is 71.8 Å². The molecule has 7 heteroatoms. The summed E-state index contributed by atoms with van der Waals surface area (Å²) >= 11 is 0. The average Bonchev–Trinajstić information content (AvgIpc) is 3.30. The van der Waals surface area contributed by atoms with Crippen LogP contribution in [0.15, 0.2) is 49.2 Å². The molecule has 0 N–H and O–H groups in total. The van der Waals surface area contributed by atoms with Crippen molar-refractivity contribution >= 4 is 11.0 Å². The molecule has 4 aromatic rings. The van der Waals surface area contributed by atoms with Gasteiger partial charge >= 0.3 is 0 Å². The third-order valence-electron chi connectivity index (χ3n) is 4.67. The van der Waals surface area contributed by atoms with Gasteiger partial charge in [0.25, 0.3) is 0 Å². The number of nitrogens with zero attached hydrogens (tertiary/aromatic N) is 7. The van der Waals surface area contributed by atoms with Gasteiger partial charge in [-0.3, -0.25) is 0 Å². The van der Waals surface area contributed by atoms with Crippen LogP contribution in [0, 0.1) is 16.7 Å². The topological polar surface area (TPSA) is 85.2 Å². The zero-order valence-electron chi connectivity index (χ0n) is 16.9. The van der Waals surface area contributed by atoms with Gasteiger partial charge in [-0.25, -0.2) is 19.6 Å². The molecule has 0 unspecified atom stereocenters. The second-order valence-corrected chi connectivity index (χ2v) is 8.45. The van der Waals surface area contributed by atoms with Gasteiger partial charge in [-0.2, -0.15) is 10.4 Å². The summed E-state index contributed by atoms with van der Waals surface area (Å²) in [4.78, 5) is 12.6. The van der Waals surface area contributed by atoms with Crippen LogP contribution < -0.4 is 0 Å². The smallest absolute Gasteiger partial charge is 0.234 e. The van der Waals surface area contributed by atoms with Crippen molar-refractivity contribution in [2.24, 2.45) is 5.41 Å². The first-order chi connectivity index (χ1) is 13.9. The van der Waals surface area contributed by atoms with Gasteiger partial charge in [0, 0.05) is 30.2 Å². The minimum Gasteiger partial charge on any atom is -0.329 e. The molecule has 0 aliphatic rings. The maximum Gasteiger partial charge on any atom is 0.234 e. The van der Waals surface area contributed by atoms with E-state index < -0.39 is 0 Å². The molecule has 1 aromatic carbocycles. The molecule has 0 spiro atoms. The molecule has 0 radical (unpaired) electrons. The molecule has 0 amide bonds. The maximum atomic E-state index is 9.19. The van der Waals surface area contributed by atoms with E-state index in [0.717, 1.165) is 24.0 Å². The van der Waals surface area contributed by atoms with Gasteiger partial charge in [0.15, 0.2) is 0 Å². The predicted octanol–water partition coefficient (Wildman–Crippen LogP) is 3.58. The molecule has 3 aromatic heterocycles. The SMILES string of the molecule is CC(C)(C)Cn1c(Cc2ccc(Cn3cncn3)cc2)cc2cnc(C#N)nc21. The van der Waals surface area contributed by atoms with E-state index in [1.165, 1.54) is 16.8 Å². The second kappa shape index (κ2) is 7.47. The van der Waals surface area contributed by atoms with Gasteiger partial charge in [0.05, 0.1) is 6.54 Å². The number of fused-ring (bicyclic) bond motifs is 1. The predicted molar refractivity (Wildman–Crippen MR) is 110 cm³/mol. The standard InChI is InChI=1S/C22H23N7/c1-22(2,3)13-29-19(9-18-11-25-20(10-23)27-21(18)29)8-16-4-6-17(7-5-16)12-28-15-24-14-26-28/h4-7,9,11,14-15H,8,12-13H2,1-3H3. The molecule has 7 nitrogen and oxygen atoms in total. The van der Waals surface area contributed by atoms with Crippen LogP contribution in [0.5, 0.6) is 0 Å². The summed E-state index contributed by atoms with van der Waals surface area (Å²) in [5, 5.41) is 14.3. The Balaban J connectivity index is 1.64. The fourth-order valence-corrected chi connectivity index (χ4v) is 3.42. The number of hydrogen-bond acceptors (Lipinski definition) is 5. The van der Waals surface area contributed by atoms with Gasteiger partial charge < -0.3 is 4.57 Å². The lowest BCUT2D eigenvalue weighted by atomic mass is 9.96. The molecule has 0 fully saturated rings. The summed E-state index contributed by atoms with van der Waals surface area (Å²) in [7, 11) is 0. The number of hydrogen-bond donors (Lipinski definition) is 0. The van der Waals surface area contributed by atoms with E-state index in [0.29, 0.717) is 6.54 Å². The minimum atomic E-state index is 0.0834. The van der Waals surface area contributed by atoms with E-state index in [4.69, 9.17) is 0 Å². The monoisotopic (exact) mass is 385 g/mol. The zero-order chi connectivity index (χ0) is 20.4. The molecule has 0 saturated heterocycles. The molecule has 0 bridgehead atoms. The Kier molecular flexibility index (Phi) is 4.85. The van der Waals surface area contributed by atoms with Crippen molar-refractivity contribution in [2.75, 3.05) is 0 Å². The van der Waals surface area contributed by atoms with Crippen molar-refractivity contribution in [1.29, 1.82) is 5.26 Å². The molecule has 146 valence electrons. The molecule has 4 rings (SSSR count). The lowest BCUT2D eigenvalue weighted by molar-refractivity contribution is 0.344. The largest absolute Gasteiger partial charge is 0.329 e. The molecule has 0 saturated carbocycles. The Morgan fingerprint density at radius 1 is 1.10 bits per heavy atom. The fraction of sp³-hybridized carbons (Fsp3) is 0.318. The van der Waals surface area contributed by atoms with E-state index in [1.807, 2.05) is 10.8 Å². The zero-order valence-corrected chi connectivity index (χ0v) is 16.9. The molecule has 0 atom stereocenters.